The Kier molecular flexibility index (Phi) is 7.50. The van der Waals surface area contributed by atoms with E-state index < -0.39 is 27.7 Å². The zero-order chi connectivity index (χ0) is 26.6. The van der Waals surface area contributed by atoms with E-state index in [2.05, 4.69) is 15.0 Å². The van der Waals surface area contributed by atoms with E-state index in [1.807, 2.05) is 18.4 Å². The quantitative estimate of drug-likeness (QED) is 0.284. The Morgan fingerprint density at radius 3 is 2.38 bits per heavy atom. The number of amides is 1. The lowest BCUT2D eigenvalue weighted by atomic mass is 10.1. The molecule has 2 N–H and O–H groups in total. The van der Waals surface area contributed by atoms with Crippen molar-refractivity contribution in [2.75, 3.05) is 16.6 Å². The topological polar surface area (TPSA) is 97.4 Å². The fourth-order valence-corrected chi connectivity index (χ4v) is 4.96. The average molecular weight is 548 g/mol. The summed E-state index contributed by atoms with van der Waals surface area (Å²) in [5, 5.41) is 5.60. The maximum Gasteiger partial charge on any atom is 0.416 e. The largest absolute Gasteiger partial charge is 0.484 e. The van der Waals surface area contributed by atoms with Crippen molar-refractivity contribution in [3.05, 3.63) is 88.7 Å². The Morgan fingerprint density at radius 1 is 1.00 bits per heavy atom. The van der Waals surface area contributed by atoms with Crippen LogP contribution in [-0.2, 0) is 21.0 Å². The molecular formula is C25H20F3N3O4S2. The Bertz CT molecular complexity index is 1520. The van der Waals surface area contributed by atoms with Gasteiger partial charge in [-0.3, -0.25) is 9.52 Å². The number of hydrogen-bond donors (Lipinski definition) is 2. The molecule has 7 nitrogen and oxygen atoms in total. The summed E-state index contributed by atoms with van der Waals surface area (Å²) in [5.74, 6) is -0.186. The van der Waals surface area contributed by atoms with Gasteiger partial charge in [-0.1, -0.05) is 18.2 Å². The van der Waals surface area contributed by atoms with E-state index in [9.17, 15) is 26.4 Å². The number of aryl methyl sites for hydroxylation is 1. The number of anilines is 2. The highest BCUT2D eigenvalue weighted by Crippen LogP contribution is 2.31. The first-order chi connectivity index (χ1) is 17.5. The molecule has 1 aromatic heterocycles. The molecule has 1 heterocycles. The first-order valence-electron chi connectivity index (χ1n) is 10.7. The van der Waals surface area contributed by atoms with E-state index in [0.717, 1.165) is 28.4 Å². The predicted molar refractivity (Wildman–Crippen MR) is 135 cm³/mol. The lowest BCUT2D eigenvalue weighted by molar-refractivity contribution is -0.137. The third kappa shape index (κ3) is 6.86. The van der Waals surface area contributed by atoms with Gasteiger partial charge in [-0.25, -0.2) is 13.4 Å². The number of aromatic nitrogens is 1. The maximum atomic E-state index is 12.9. The number of carbonyl (C=O) groups excluding carboxylic acids is 1. The Hall–Kier alpha value is -3.90. The third-order valence-electron chi connectivity index (χ3n) is 5.01. The molecule has 0 aliphatic rings. The monoisotopic (exact) mass is 547 g/mol. The van der Waals surface area contributed by atoms with E-state index in [1.165, 1.54) is 41.7 Å². The number of hydrogen-bond acceptors (Lipinski definition) is 6. The summed E-state index contributed by atoms with van der Waals surface area (Å²) in [5.41, 5.74) is 1.05. The molecule has 0 saturated heterocycles. The minimum Gasteiger partial charge on any atom is -0.484 e. The van der Waals surface area contributed by atoms with Gasteiger partial charge in [0.15, 0.2) is 6.61 Å². The molecular weight excluding hydrogens is 527 g/mol. The SMILES string of the molecule is Cc1nc(-c2cccc(NC(=O)COc3ccc(S(=O)(=O)Nc4cccc(C(F)(F)F)c4)cc3)c2)cs1. The van der Waals surface area contributed by atoms with Crippen LogP contribution in [-0.4, -0.2) is 25.9 Å². The van der Waals surface area contributed by atoms with Crippen molar-refractivity contribution in [3.8, 4) is 17.0 Å². The van der Waals surface area contributed by atoms with Gasteiger partial charge >= 0.3 is 6.18 Å². The van der Waals surface area contributed by atoms with Gasteiger partial charge in [0.25, 0.3) is 15.9 Å². The van der Waals surface area contributed by atoms with Crippen molar-refractivity contribution in [1.29, 1.82) is 0 Å². The van der Waals surface area contributed by atoms with E-state index in [-0.39, 0.29) is 22.9 Å². The lowest BCUT2D eigenvalue weighted by Gasteiger charge is -2.12. The molecule has 37 heavy (non-hydrogen) atoms. The number of halogens is 3. The number of sulfonamides is 1. The van der Waals surface area contributed by atoms with Crippen LogP contribution in [0.25, 0.3) is 11.3 Å². The highest BCUT2D eigenvalue weighted by Gasteiger charge is 2.30. The number of alkyl halides is 3. The van der Waals surface area contributed by atoms with Crippen molar-refractivity contribution >= 4 is 38.6 Å². The van der Waals surface area contributed by atoms with E-state index in [1.54, 1.807) is 18.2 Å². The molecule has 0 fully saturated rings. The standard InChI is InChI=1S/C25H20F3N3O4S2/c1-16-29-23(15-36-16)17-4-2-6-19(12-17)30-24(32)14-35-21-8-10-22(11-9-21)37(33,34)31-20-7-3-5-18(13-20)25(26,27)28/h2-13,15,31H,14H2,1H3,(H,30,32). The number of carbonyl (C=O) groups is 1. The second-order valence-electron chi connectivity index (χ2n) is 7.82. The molecule has 0 bridgehead atoms. The lowest BCUT2D eigenvalue weighted by Crippen LogP contribution is -2.20. The molecule has 4 aromatic rings. The predicted octanol–water partition coefficient (Wildman–Crippen LogP) is 5.96. The molecule has 0 saturated carbocycles. The minimum atomic E-state index is -4.60. The summed E-state index contributed by atoms with van der Waals surface area (Å²) in [6, 6.07) is 16.2. The van der Waals surface area contributed by atoms with Gasteiger partial charge in [0, 0.05) is 22.3 Å². The Labute approximate surface area is 215 Å². The zero-order valence-corrected chi connectivity index (χ0v) is 20.9. The van der Waals surface area contributed by atoms with Crippen molar-refractivity contribution < 1.29 is 31.1 Å². The molecule has 1 amide bonds. The van der Waals surface area contributed by atoms with Gasteiger partial charge in [-0.15, -0.1) is 11.3 Å². The van der Waals surface area contributed by atoms with Crippen molar-refractivity contribution in [3.63, 3.8) is 0 Å². The smallest absolute Gasteiger partial charge is 0.416 e. The van der Waals surface area contributed by atoms with E-state index >= 15 is 0 Å². The fourth-order valence-electron chi connectivity index (χ4n) is 3.29. The number of thiazole rings is 1. The van der Waals surface area contributed by atoms with Crippen LogP contribution >= 0.6 is 11.3 Å². The van der Waals surface area contributed by atoms with Gasteiger partial charge in [0.05, 0.1) is 21.2 Å². The van der Waals surface area contributed by atoms with Crippen LogP contribution in [0, 0.1) is 6.92 Å². The molecule has 0 aliphatic carbocycles. The summed E-state index contributed by atoms with van der Waals surface area (Å²) < 4.78 is 71.4. The van der Waals surface area contributed by atoms with Crippen LogP contribution in [0.1, 0.15) is 10.6 Å². The summed E-state index contributed by atoms with van der Waals surface area (Å²) >= 11 is 1.53. The first-order valence-corrected chi connectivity index (χ1v) is 13.1. The molecule has 12 heteroatoms. The number of ether oxygens (including phenoxy) is 1. The number of rotatable bonds is 8. The van der Waals surface area contributed by atoms with Crippen LogP contribution in [0.4, 0.5) is 24.5 Å². The molecule has 0 radical (unpaired) electrons. The second-order valence-corrected chi connectivity index (χ2v) is 10.6. The highest BCUT2D eigenvalue weighted by molar-refractivity contribution is 7.92. The van der Waals surface area contributed by atoms with Gasteiger partial charge in [0.1, 0.15) is 5.75 Å². The second kappa shape index (κ2) is 10.6. The molecule has 0 atom stereocenters. The zero-order valence-electron chi connectivity index (χ0n) is 19.2. The molecule has 0 unspecified atom stereocenters. The molecule has 192 valence electrons. The first kappa shape index (κ1) is 26.2. The summed E-state index contributed by atoms with van der Waals surface area (Å²) in [7, 11) is -4.15. The third-order valence-corrected chi connectivity index (χ3v) is 7.18. The van der Waals surface area contributed by atoms with Gasteiger partial charge < -0.3 is 10.1 Å². The van der Waals surface area contributed by atoms with Gasteiger partial charge in [0.2, 0.25) is 0 Å². The van der Waals surface area contributed by atoms with Crippen LogP contribution in [0.3, 0.4) is 0 Å². The van der Waals surface area contributed by atoms with Crippen LogP contribution < -0.4 is 14.8 Å². The molecule has 3 aromatic carbocycles. The normalized spacial score (nSPS) is 11.7. The Balaban J connectivity index is 1.35. The van der Waals surface area contributed by atoms with Crippen LogP contribution in [0.2, 0.25) is 0 Å². The average Bonchev–Trinajstić information content (AvgIpc) is 3.29. The molecule has 0 aliphatic heterocycles. The van der Waals surface area contributed by atoms with Crippen LogP contribution in [0.5, 0.6) is 5.75 Å². The van der Waals surface area contributed by atoms with Crippen molar-refractivity contribution in [2.45, 2.75) is 18.0 Å². The van der Waals surface area contributed by atoms with E-state index in [0.29, 0.717) is 11.8 Å². The van der Waals surface area contributed by atoms with Crippen LogP contribution in [0.15, 0.2) is 83.1 Å². The summed E-state index contributed by atoms with van der Waals surface area (Å²) in [4.78, 5) is 16.6. The van der Waals surface area contributed by atoms with Crippen molar-refractivity contribution in [1.82, 2.24) is 4.98 Å². The fraction of sp³-hybridized carbons (Fsp3) is 0.120. The van der Waals surface area contributed by atoms with Crippen molar-refractivity contribution in [2.24, 2.45) is 0 Å². The Morgan fingerprint density at radius 2 is 1.70 bits per heavy atom. The summed E-state index contributed by atoms with van der Waals surface area (Å²) in [6.07, 6.45) is -4.60. The van der Waals surface area contributed by atoms with Gasteiger partial charge in [-0.05, 0) is 61.5 Å². The number of nitrogens with zero attached hydrogens (tertiary/aromatic N) is 1. The van der Waals surface area contributed by atoms with Gasteiger partial charge in [-0.2, -0.15) is 13.2 Å². The number of benzene rings is 3. The minimum absolute atomic E-state index is 0.184. The maximum absolute atomic E-state index is 12.9. The highest BCUT2D eigenvalue weighted by atomic mass is 32.2. The summed E-state index contributed by atoms with van der Waals surface area (Å²) in [6.45, 7) is 1.58. The van der Waals surface area contributed by atoms with E-state index in [4.69, 9.17) is 4.74 Å². The molecule has 0 spiro atoms. The molecule has 4 rings (SSSR count). The number of nitrogens with one attached hydrogen (secondary N) is 2.